The molecule has 0 spiro atoms. The number of anilines is 1. The van der Waals surface area contributed by atoms with Gasteiger partial charge >= 0.3 is 5.97 Å². The second-order valence-electron chi connectivity index (χ2n) is 3.94. The topological polar surface area (TPSA) is 88.0 Å². The van der Waals surface area contributed by atoms with E-state index in [0.29, 0.717) is 12.4 Å². The summed E-state index contributed by atoms with van der Waals surface area (Å²) in [5.74, 6) is -0.203. The zero-order chi connectivity index (χ0) is 12.7. The van der Waals surface area contributed by atoms with Crippen molar-refractivity contribution in [2.24, 2.45) is 0 Å². The fourth-order valence-corrected chi connectivity index (χ4v) is 1.31. The molecule has 94 valence electrons. The normalized spacial score (nSPS) is 10.2. The van der Waals surface area contributed by atoms with E-state index in [-0.39, 0.29) is 6.42 Å². The molecule has 0 saturated carbocycles. The average molecular weight is 238 g/mol. The van der Waals surface area contributed by atoms with Crippen molar-refractivity contribution in [3.8, 4) is 0 Å². The van der Waals surface area contributed by atoms with Crippen molar-refractivity contribution in [3.05, 3.63) is 11.4 Å². The molecule has 0 amide bonds. The zero-order valence-electron chi connectivity index (χ0n) is 10.2. The first kappa shape index (κ1) is 13.3. The lowest BCUT2D eigenvalue weighted by atomic mass is 10.2. The van der Waals surface area contributed by atoms with Crippen LogP contribution in [0.3, 0.4) is 0 Å². The van der Waals surface area contributed by atoms with Gasteiger partial charge in [0.05, 0.1) is 11.4 Å². The minimum absolute atomic E-state index is 0.238. The highest BCUT2D eigenvalue weighted by molar-refractivity contribution is 5.66. The Balaban J connectivity index is 2.18. The van der Waals surface area contributed by atoms with E-state index in [1.54, 1.807) is 0 Å². The number of rotatable bonds is 7. The molecule has 0 bridgehead atoms. The van der Waals surface area contributed by atoms with Gasteiger partial charge in [-0.2, -0.15) is 5.10 Å². The predicted molar refractivity (Wildman–Crippen MR) is 63.9 cm³/mol. The summed E-state index contributed by atoms with van der Waals surface area (Å²) in [5, 5.41) is 19.4. The van der Waals surface area contributed by atoms with Gasteiger partial charge < -0.3 is 10.4 Å². The third kappa shape index (κ3) is 5.24. The molecule has 2 N–H and O–H groups in total. The lowest BCUT2D eigenvalue weighted by Crippen LogP contribution is -2.08. The Morgan fingerprint density at radius 2 is 1.94 bits per heavy atom. The number of aliphatic carboxylic acids is 1. The highest BCUT2D eigenvalue weighted by atomic mass is 16.4. The van der Waals surface area contributed by atoms with Crippen molar-refractivity contribution in [1.82, 2.24) is 15.2 Å². The van der Waals surface area contributed by atoms with Gasteiger partial charge in [0.25, 0.3) is 0 Å². The van der Waals surface area contributed by atoms with Crippen LogP contribution in [0.1, 0.15) is 37.1 Å². The molecule has 1 heterocycles. The number of hydrogen-bond acceptors (Lipinski definition) is 5. The van der Waals surface area contributed by atoms with Crippen LogP contribution in [-0.2, 0) is 4.79 Å². The Morgan fingerprint density at radius 3 is 2.59 bits per heavy atom. The molecule has 0 aliphatic carbocycles. The summed E-state index contributed by atoms with van der Waals surface area (Å²) in [6.45, 7) is 4.50. The fraction of sp³-hybridized carbons (Fsp3) is 0.636. The maximum absolute atomic E-state index is 10.3. The highest BCUT2D eigenvalue weighted by Gasteiger charge is 2.00. The van der Waals surface area contributed by atoms with Crippen molar-refractivity contribution >= 4 is 11.9 Å². The van der Waals surface area contributed by atoms with Crippen molar-refractivity contribution in [2.75, 3.05) is 11.9 Å². The van der Waals surface area contributed by atoms with Gasteiger partial charge in [0.1, 0.15) is 0 Å². The van der Waals surface area contributed by atoms with Gasteiger partial charge in [-0.3, -0.25) is 4.79 Å². The second kappa shape index (κ2) is 6.78. The predicted octanol–water partition coefficient (Wildman–Crippen LogP) is 1.55. The van der Waals surface area contributed by atoms with E-state index < -0.39 is 5.97 Å². The van der Waals surface area contributed by atoms with E-state index in [9.17, 15) is 4.79 Å². The van der Waals surface area contributed by atoms with Gasteiger partial charge in [-0.05, 0) is 26.7 Å². The quantitative estimate of drug-likeness (QED) is 0.701. The summed E-state index contributed by atoms with van der Waals surface area (Å²) in [7, 11) is 0. The van der Waals surface area contributed by atoms with Crippen LogP contribution in [0, 0.1) is 13.8 Å². The summed E-state index contributed by atoms with van der Waals surface area (Å²) in [6.07, 6.45) is 2.74. The maximum atomic E-state index is 10.3. The Kier molecular flexibility index (Phi) is 5.32. The number of nitrogens with one attached hydrogen (secondary N) is 1. The van der Waals surface area contributed by atoms with Crippen molar-refractivity contribution < 1.29 is 9.90 Å². The molecule has 1 aromatic heterocycles. The second-order valence-corrected chi connectivity index (χ2v) is 3.94. The van der Waals surface area contributed by atoms with Crippen LogP contribution < -0.4 is 5.32 Å². The fourth-order valence-electron chi connectivity index (χ4n) is 1.31. The van der Waals surface area contributed by atoms with E-state index in [0.717, 1.165) is 30.8 Å². The van der Waals surface area contributed by atoms with Crippen LogP contribution >= 0.6 is 0 Å². The maximum Gasteiger partial charge on any atom is 0.303 e. The van der Waals surface area contributed by atoms with E-state index in [4.69, 9.17) is 5.11 Å². The number of hydrogen-bond donors (Lipinski definition) is 2. The van der Waals surface area contributed by atoms with E-state index in [1.807, 2.05) is 13.8 Å². The van der Waals surface area contributed by atoms with Gasteiger partial charge in [0.15, 0.2) is 0 Å². The van der Waals surface area contributed by atoms with Gasteiger partial charge in [-0.1, -0.05) is 6.42 Å². The monoisotopic (exact) mass is 238 g/mol. The Morgan fingerprint density at radius 1 is 1.18 bits per heavy atom. The molecule has 0 aromatic carbocycles. The molecule has 1 rings (SSSR count). The molecule has 0 saturated heterocycles. The number of carbonyl (C=O) groups is 1. The van der Waals surface area contributed by atoms with Crippen molar-refractivity contribution in [2.45, 2.75) is 39.5 Å². The third-order valence-electron chi connectivity index (χ3n) is 2.44. The number of nitrogens with zero attached hydrogens (tertiary/aromatic N) is 3. The van der Waals surface area contributed by atoms with E-state index >= 15 is 0 Å². The third-order valence-corrected chi connectivity index (χ3v) is 2.44. The van der Waals surface area contributed by atoms with Crippen LogP contribution in [0.15, 0.2) is 0 Å². The Hall–Kier alpha value is -1.72. The molecule has 6 nitrogen and oxygen atoms in total. The highest BCUT2D eigenvalue weighted by Crippen LogP contribution is 2.03. The molecular formula is C11H18N4O2. The van der Waals surface area contributed by atoms with Gasteiger partial charge in [0, 0.05) is 13.0 Å². The molecular weight excluding hydrogens is 220 g/mol. The molecule has 17 heavy (non-hydrogen) atoms. The zero-order valence-corrected chi connectivity index (χ0v) is 10.2. The van der Waals surface area contributed by atoms with Crippen LogP contribution in [0.4, 0.5) is 5.95 Å². The standard InChI is InChI=1S/C11H18N4O2/c1-8-9(2)14-15-11(13-8)12-7-5-3-4-6-10(16)17/h3-7H2,1-2H3,(H,16,17)(H,12,13,15). The largest absolute Gasteiger partial charge is 0.481 e. The van der Waals surface area contributed by atoms with Crippen molar-refractivity contribution in [3.63, 3.8) is 0 Å². The molecule has 0 fully saturated rings. The van der Waals surface area contributed by atoms with E-state index in [2.05, 4.69) is 20.5 Å². The number of aromatic nitrogens is 3. The van der Waals surface area contributed by atoms with Crippen LogP contribution in [-0.4, -0.2) is 32.8 Å². The molecule has 6 heteroatoms. The summed E-state index contributed by atoms with van der Waals surface area (Å²) in [4.78, 5) is 14.5. The molecule has 1 aromatic rings. The van der Waals surface area contributed by atoms with Crippen LogP contribution in [0.5, 0.6) is 0 Å². The lowest BCUT2D eigenvalue weighted by Gasteiger charge is -2.05. The molecule has 0 atom stereocenters. The van der Waals surface area contributed by atoms with Gasteiger partial charge in [-0.15, -0.1) is 5.10 Å². The average Bonchev–Trinajstić information content (AvgIpc) is 2.27. The SMILES string of the molecule is Cc1nnc(NCCCCCC(=O)O)nc1C. The van der Waals surface area contributed by atoms with Crippen LogP contribution in [0.2, 0.25) is 0 Å². The first-order chi connectivity index (χ1) is 8.09. The lowest BCUT2D eigenvalue weighted by molar-refractivity contribution is -0.137. The molecule has 0 aliphatic rings. The number of carboxylic acids is 1. The smallest absolute Gasteiger partial charge is 0.303 e. The minimum Gasteiger partial charge on any atom is -0.481 e. The molecule has 0 radical (unpaired) electrons. The van der Waals surface area contributed by atoms with E-state index in [1.165, 1.54) is 0 Å². The molecule has 0 aliphatic heterocycles. The van der Waals surface area contributed by atoms with Gasteiger partial charge in [-0.25, -0.2) is 4.98 Å². The van der Waals surface area contributed by atoms with Crippen LogP contribution in [0.25, 0.3) is 0 Å². The summed E-state index contributed by atoms with van der Waals surface area (Å²) in [5.41, 5.74) is 1.70. The Bertz CT molecular complexity index is 382. The van der Waals surface area contributed by atoms with Crippen molar-refractivity contribution in [1.29, 1.82) is 0 Å². The first-order valence-electron chi connectivity index (χ1n) is 5.73. The summed E-state index contributed by atoms with van der Waals surface area (Å²) >= 11 is 0. The summed E-state index contributed by atoms with van der Waals surface area (Å²) in [6, 6.07) is 0. The summed E-state index contributed by atoms with van der Waals surface area (Å²) < 4.78 is 0. The van der Waals surface area contributed by atoms with Gasteiger partial charge in [0.2, 0.25) is 5.95 Å². The molecule has 0 unspecified atom stereocenters. The number of unbranched alkanes of at least 4 members (excludes halogenated alkanes) is 2. The first-order valence-corrected chi connectivity index (χ1v) is 5.73. The number of carboxylic acid groups (broad SMARTS) is 1. The number of aryl methyl sites for hydroxylation is 2. The Labute approximate surface area is 100 Å². The minimum atomic E-state index is -0.736.